The van der Waals surface area contributed by atoms with Gasteiger partial charge in [-0.3, -0.25) is 0 Å². The number of hydrogen-bond donors (Lipinski definition) is 0. The Bertz CT molecular complexity index is 891. The quantitative estimate of drug-likeness (QED) is 0.390. The molecule has 2 nitrogen and oxygen atoms in total. The predicted molar refractivity (Wildman–Crippen MR) is 121 cm³/mol. The van der Waals surface area contributed by atoms with Crippen LogP contribution in [0.1, 0.15) is 82.6 Å². The van der Waals surface area contributed by atoms with Crippen LogP contribution in [-0.2, 0) is 4.74 Å². The van der Waals surface area contributed by atoms with Crippen LogP contribution in [0.3, 0.4) is 0 Å². The lowest BCUT2D eigenvalue weighted by Crippen LogP contribution is -2.19. The molecule has 2 heteroatoms. The zero-order valence-electron chi connectivity index (χ0n) is 18.6. The van der Waals surface area contributed by atoms with Crippen molar-refractivity contribution < 1.29 is 9.53 Å². The summed E-state index contributed by atoms with van der Waals surface area (Å²) in [4.78, 5) is 12.5. The van der Waals surface area contributed by atoms with Crippen molar-refractivity contribution in [2.24, 2.45) is 11.3 Å². The highest BCUT2D eigenvalue weighted by Gasteiger charge is 2.27. The Labute approximate surface area is 176 Å². The molecule has 0 saturated carbocycles. The van der Waals surface area contributed by atoms with E-state index >= 15 is 0 Å². The summed E-state index contributed by atoms with van der Waals surface area (Å²) in [6.07, 6.45) is 9.28. The van der Waals surface area contributed by atoms with E-state index in [1.54, 1.807) is 0 Å². The van der Waals surface area contributed by atoms with Crippen LogP contribution in [0.4, 0.5) is 0 Å². The van der Waals surface area contributed by atoms with E-state index in [9.17, 15) is 4.79 Å². The molecule has 0 radical (unpaired) electrons. The van der Waals surface area contributed by atoms with Gasteiger partial charge in [-0.05, 0) is 92.7 Å². The van der Waals surface area contributed by atoms with Crippen molar-refractivity contribution in [3.63, 3.8) is 0 Å². The highest BCUT2D eigenvalue weighted by molar-refractivity contribution is 5.90. The van der Waals surface area contributed by atoms with Crippen LogP contribution in [0.2, 0.25) is 0 Å². The van der Waals surface area contributed by atoms with Crippen LogP contribution < -0.4 is 0 Å². The first-order valence-electron chi connectivity index (χ1n) is 10.7. The van der Waals surface area contributed by atoms with Gasteiger partial charge in [-0.2, -0.15) is 0 Å². The number of ether oxygens (including phenoxy) is 1. The summed E-state index contributed by atoms with van der Waals surface area (Å²) in [5.41, 5.74) is 7.50. The Morgan fingerprint density at radius 1 is 1.17 bits per heavy atom. The minimum atomic E-state index is -0.268. The Kier molecular flexibility index (Phi) is 6.31. The van der Waals surface area contributed by atoms with Crippen molar-refractivity contribution in [2.75, 3.05) is 0 Å². The largest absolute Gasteiger partial charge is 0.428 e. The van der Waals surface area contributed by atoms with Crippen LogP contribution in [0, 0.1) is 11.3 Å². The molecule has 3 rings (SSSR count). The van der Waals surface area contributed by atoms with Gasteiger partial charge in [-0.15, -0.1) is 0 Å². The minimum Gasteiger partial charge on any atom is -0.428 e. The Hall–Kier alpha value is -2.35. The SMILES string of the molecule is C=C(C)C1CC=C(OC(=O)c2ccc(/C=C3/CCC(C)(C)C(C)=C3C)cc2)CC1. The zero-order chi connectivity index (χ0) is 21.2. The molecule has 1 aromatic carbocycles. The maximum atomic E-state index is 12.5. The van der Waals surface area contributed by atoms with Crippen LogP contribution in [0.5, 0.6) is 0 Å². The molecule has 1 unspecified atom stereocenters. The van der Waals surface area contributed by atoms with Crippen molar-refractivity contribution in [3.8, 4) is 0 Å². The van der Waals surface area contributed by atoms with Crippen molar-refractivity contribution >= 4 is 12.0 Å². The molecule has 0 amide bonds. The van der Waals surface area contributed by atoms with Gasteiger partial charge in [0.25, 0.3) is 0 Å². The number of carbonyl (C=O) groups excluding carboxylic acids is 1. The first-order chi connectivity index (χ1) is 13.7. The van der Waals surface area contributed by atoms with E-state index in [1.165, 1.54) is 28.7 Å². The van der Waals surface area contributed by atoms with E-state index in [1.807, 2.05) is 30.3 Å². The highest BCUT2D eigenvalue weighted by Crippen LogP contribution is 2.42. The maximum absolute atomic E-state index is 12.5. The van der Waals surface area contributed by atoms with Crippen molar-refractivity contribution in [1.82, 2.24) is 0 Å². The fraction of sp³-hybridized carbons (Fsp3) is 0.444. The van der Waals surface area contributed by atoms with Gasteiger partial charge in [-0.1, -0.05) is 49.8 Å². The lowest BCUT2D eigenvalue weighted by Gasteiger charge is -2.34. The monoisotopic (exact) mass is 390 g/mol. The van der Waals surface area contributed by atoms with E-state index in [-0.39, 0.29) is 11.4 Å². The number of esters is 1. The third-order valence-electron chi connectivity index (χ3n) is 6.86. The molecule has 1 atom stereocenters. The zero-order valence-corrected chi connectivity index (χ0v) is 18.6. The summed E-state index contributed by atoms with van der Waals surface area (Å²) in [6.45, 7) is 15.2. The maximum Gasteiger partial charge on any atom is 0.343 e. The normalized spacial score (nSPS) is 23.0. The summed E-state index contributed by atoms with van der Waals surface area (Å²) in [6, 6.07) is 7.76. The van der Waals surface area contributed by atoms with Crippen LogP contribution in [0.25, 0.3) is 6.08 Å². The second kappa shape index (κ2) is 8.57. The molecule has 2 aliphatic rings. The molecule has 0 fully saturated rings. The third kappa shape index (κ3) is 4.98. The Morgan fingerprint density at radius 2 is 1.86 bits per heavy atom. The summed E-state index contributed by atoms with van der Waals surface area (Å²) < 4.78 is 5.62. The van der Waals surface area contributed by atoms with Crippen molar-refractivity contribution in [2.45, 2.75) is 66.7 Å². The van der Waals surface area contributed by atoms with Gasteiger partial charge in [0.1, 0.15) is 5.76 Å². The molecule has 1 aromatic rings. The Morgan fingerprint density at radius 3 is 2.45 bits per heavy atom. The average Bonchev–Trinajstić information content (AvgIpc) is 2.69. The molecule has 2 aliphatic carbocycles. The Balaban J connectivity index is 1.67. The fourth-order valence-electron chi connectivity index (χ4n) is 4.20. The van der Waals surface area contributed by atoms with Crippen LogP contribution >= 0.6 is 0 Å². The van der Waals surface area contributed by atoms with Gasteiger partial charge in [-0.25, -0.2) is 4.79 Å². The number of carbonyl (C=O) groups is 1. The fourth-order valence-corrected chi connectivity index (χ4v) is 4.20. The molecule has 0 heterocycles. The van der Waals surface area contributed by atoms with Crippen molar-refractivity contribution in [1.29, 1.82) is 0 Å². The highest BCUT2D eigenvalue weighted by atomic mass is 16.5. The lowest BCUT2D eigenvalue weighted by molar-refractivity contribution is 0.0605. The average molecular weight is 391 g/mol. The molecule has 0 aromatic heterocycles. The predicted octanol–water partition coefficient (Wildman–Crippen LogP) is 7.64. The number of benzene rings is 1. The van der Waals surface area contributed by atoms with Gasteiger partial charge in [0.05, 0.1) is 5.56 Å². The molecule has 0 spiro atoms. The second-order valence-corrected chi connectivity index (χ2v) is 9.30. The van der Waals surface area contributed by atoms with Gasteiger partial charge < -0.3 is 4.74 Å². The van der Waals surface area contributed by atoms with Gasteiger partial charge in [0, 0.05) is 6.42 Å². The van der Waals surface area contributed by atoms with E-state index in [0.29, 0.717) is 11.5 Å². The van der Waals surface area contributed by atoms with Gasteiger partial charge in [0.2, 0.25) is 0 Å². The molecule has 0 aliphatic heterocycles. The van der Waals surface area contributed by atoms with E-state index < -0.39 is 0 Å². The first kappa shape index (κ1) is 21.4. The van der Waals surface area contributed by atoms with Crippen LogP contribution in [-0.4, -0.2) is 5.97 Å². The smallest absolute Gasteiger partial charge is 0.343 e. The first-order valence-corrected chi connectivity index (χ1v) is 10.7. The molecule has 0 bridgehead atoms. The lowest BCUT2D eigenvalue weighted by atomic mass is 9.71. The van der Waals surface area contributed by atoms with Gasteiger partial charge in [0.15, 0.2) is 0 Å². The molecule has 0 N–H and O–H groups in total. The number of allylic oxidation sites excluding steroid dienone is 6. The number of rotatable bonds is 4. The summed E-state index contributed by atoms with van der Waals surface area (Å²) in [5.74, 6) is 1.03. The number of hydrogen-bond acceptors (Lipinski definition) is 2. The second-order valence-electron chi connectivity index (χ2n) is 9.30. The van der Waals surface area contributed by atoms with E-state index in [2.05, 4.69) is 47.3 Å². The summed E-state index contributed by atoms with van der Waals surface area (Å²) in [5, 5.41) is 0. The topological polar surface area (TPSA) is 26.3 Å². The van der Waals surface area contributed by atoms with E-state index in [0.717, 1.165) is 37.0 Å². The van der Waals surface area contributed by atoms with Gasteiger partial charge >= 0.3 is 5.97 Å². The molecule has 0 saturated heterocycles. The third-order valence-corrected chi connectivity index (χ3v) is 6.86. The molecule has 154 valence electrons. The molecular formula is C27H34O2. The summed E-state index contributed by atoms with van der Waals surface area (Å²) >= 11 is 0. The van der Waals surface area contributed by atoms with Crippen molar-refractivity contribution in [3.05, 3.63) is 76.1 Å². The standard InChI is InChI=1S/C27H34O2/c1-18(2)22-11-13-25(14-12-22)29-26(28)23-9-7-21(8-10-23)17-24-15-16-27(5,6)20(4)19(24)3/h7-10,13,17,22H,1,11-12,14-16H2,2-6H3/b24-17-. The summed E-state index contributed by atoms with van der Waals surface area (Å²) in [7, 11) is 0. The molecular weight excluding hydrogens is 356 g/mol. The van der Waals surface area contributed by atoms with Crippen LogP contribution in [0.15, 0.2) is 65.0 Å². The minimum absolute atomic E-state index is 0.268. The molecule has 29 heavy (non-hydrogen) atoms. The van der Waals surface area contributed by atoms with E-state index in [4.69, 9.17) is 4.74 Å².